The third-order valence-electron chi connectivity index (χ3n) is 3.91. The van der Waals surface area contributed by atoms with Crippen molar-refractivity contribution in [3.05, 3.63) is 60.2 Å². The van der Waals surface area contributed by atoms with Crippen LogP contribution in [0.3, 0.4) is 0 Å². The van der Waals surface area contributed by atoms with Crippen LogP contribution in [-0.4, -0.2) is 30.3 Å². The first-order chi connectivity index (χ1) is 12.4. The molecule has 0 saturated carbocycles. The van der Waals surface area contributed by atoms with Gasteiger partial charge < -0.3 is 4.74 Å². The monoisotopic (exact) mass is 372 g/mol. The number of aromatic nitrogens is 3. The van der Waals surface area contributed by atoms with Crippen molar-refractivity contribution in [1.82, 2.24) is 19.5 Å². The van der Waals surface area contributed by atoms with E-state index in [9.17, 15) is 8.42 Å². The fourth-order valence-corrected chi connectivity index (χ4v) is 3.83. The Labute approximate surface area is 152 Å². The van der Waals surface area contributed by atoms with Gasteiger partial charge >= 0.3 is 0 Å². The van der Waals surface area contributed by atoms with E-state index < -0.39 is 10.0 Å². The summed E-state index contributed by atoms with van der Waals surface area (Å²) in [6, 6.07) is 6.93. The maximum Gasteiger partial charge on any atom is 0.244 e. The molecule has 0 unspecified atom stereocenters. The van der Waals surface area contributed by atoms with Crippen molar-refractivity contribution in [1.29, 1.82) is 0 Å². The van der Waals surface area contributed by atoms with Crippen LogP contribution in [0, 0.1) is 6.92 Å². The van der Waals surface area contributed by atoms with Gasteiger partial charge in [0.25, 0.3) is 0 Å². The van der Waals surface area contributed by atoms with Gasteiger partial charge in [-0.25, -0.2) is 13.1 Å². The number of ether oxygens (including phenoxy) is 1. The second-order valence-corrected chi connectivity index (χ2v) is 7.70. The van der Waals surface area contributed by atoms with Gasteiger partial charge in [-0.1, -0.05) is 6.07 Å². The Kier molecular flexibility index (Phi) is 5.06. The van der Waals surface area contributed by atoms with Crippen molar-refractivity contribution in [2.24, 2.45) is 7.05 Å². The molecular weight excluding hydrogens is 352 g/mol. The molecule has 1 aromatic carbocycles. The van der Waals surface area contributed by atoms with Crippen molar-refractivity contribution in [2.45, 2.75) is 18.4 Å². The molecule has 136 valence electrons. The number of nitrogens with zero attached hydrogens (tertiary/aromatic N) is 3. The van der Waals surface area contributed by atoms with E-state index in [1.807, 2.05) is 26.2 Å². The van der Waals surface area contributed by atoms with Crippen LogP contribution in [0.15, 0.2) is 53.9 Å². The highest BCUT2D eigenvalue weighted by Crippen LogP contribution is 2.25. The summed E-state index contributed by atoms with van der Waals surface area (Å²) >= 11 is 0. The molecule has 0 aliphatic carbocycles. The largest absolute Gasteiger partial charge is 0.495 e. The third-order valence-corrected chi connectivity index (χ3v) is 5.33. The van der Waals surface area contributed by atoms with Gasteiger partial charge in [-0.15, -0.1) is 0 Å². The van der Waals surface area contributed by atoms with E-state index in [-0.39, 0.29) is 11.4 Å². The van der Waals surface area contributed by atoms with E-state index >= 15 is 0 Å². The predicted molar refractivity (Wildman–Crippen MR) is 98.2 cm³/mol. The molecule has 3 rings (SSSR count). The molecule has 0 fully saturated rings. The molecule has 0 aliphatic rings. The number of methoxy groups -OCH3 is 1. The average Bonchev–Trinajstić information content (AvgIpc) is 3.07. The van der Waals surface area contributed by atoms with Crippen molar-refractivity contribution in [2.75, 3.05) is 7.11 Å². The Morgan fingerprint density at radius 3 is 2.65 bits per heavy atom. The molecule has 0 spiro atoms. The van der Waals surface area contributed by atoms with Crippen LogP contribution in [0.5, 0.6) is 5.75 Å². The summed E-state index contributed by atoms with van der Waals surface area (Å²) in [6.07, 6.45) is 6.97. The van der Waals surface area contributed by atoms with Crippen LogP contribution >= 0.6 is 0 Å². The van der Waals surface area contributed by atoms with Gasteiger partial charge in [0.2, 0.25) is 10.0 Å². The quantitative estimate of drug-likeness (QED) is 0.717. The lowest BCUT2D eigenvalue weighted by molar-refractivity contribution is 0.402. The Balaban J connectivity index is 1.81. The van der Waals surface area contributed by atoms with E-state index in [1.54, 1.807) is 41.5 Å². The van der Waals surface area contributed by atoms with Gasteiger partial charge in [-0.05, 0) is 36.2 Å². The first-order valence-electron chi connectivity index (χ1n) is 7.96. The van der Waals surface area contributed by atoms with Gasteiger partial charge in [-0.2, -0.15) is 5.10 Å². The number of nitrogens with one attached hydrogen (secondary N) is 1. The van der Waals surface area contributed by atoms with Crippen molar-refractivity contribution >= 4 is 10.0 Å². The molecule has 2 aromatic heterocycles. The number of rotatable bonds is 6. The van der Waals surface area contributed by atoms with Gasteiger partial charge in [0.1, 0.15) is 10.6 Å². The molecular formula is C18H20N4O3S. The molecule has 0 amide bonds. The molecule has 8 heteroatoms. The summed E-state index contributed by atoms with van der Waals surface area (Å²) in [4.78, 5) is 4.32. The number of sulfonamides is 1. The summed E-state index contributed by atoms with van der Waals surface area (Å²) in [5.41, 5.74) is 3.39. The predicted octanol–water partition coefficient (Wildman–Crippen LogP) is 2.28. The minimum Gasteiger partial charge on any atom is -0.495 e. The highest BCUT2D eigenvalue weighted by Gasteiger charge is 2.19. The molecule has 0 saturated heterocycles. The smallest absolute Gasteiger partial charge is 0.244 e. The van der Waals surface area contributed by atoms with E-state index in [2.05, 4.69) is 14.8 Å². The second-order valence-electron chi connectivity index (χ2n) is 5.96. The Morgan fingerprint density at radius 1 is 1.15 bits per heavy atom. The lowest BCUT2D eigenvalue weighted by Crippen LogP contribution is -2.24. The molecule has 26 heavy (non-hydrogen) atoms. The minimum atomic E-state index is -3.72. The van der Waals surface area contributed by atoms with Crippen LogP contribution in [0.1, 0.15) is 11.1 Å². The normalized spacial score (nSPS) is 11.5. The van der Waals surface area contributed by atoms with Crippen molar-refractivity contribution in [3.8, 4) is 16.9 Å². The van der Waals surface area contributed by atoms with Gasteiger partial charge in [0.15, 0.2) is 0 Å². The number of hydrogen-bond acceptors (Lipinski definition) is 5. The van der Waals surface area contributed by atoms with Crippen molar-refractivity contribution in [3.63, 3.8) is 0 Å². The molecule has 7 nitrogen and oxygen atoms in total. The SMILES string of the molecule is COc1ccc(C)cc1S(=O)(=O)NCc1cncc(-c2cnn(C)c2)c1. The first kappa shape index (κ1) is 18.1. The number of benzene rings is 1. The second kappa shape index (κ2) is 7.27. The van der Waals surface area contributed by atoms with Gasteiger partial charge in [-0.3, -0.25) is 9.67 Å². The summed E-state index contributed by atoms with van der Waals surface area (Å²) < 4.78 is 34.8. The maximum atomic E-state index is 12.7. The lowest BCUT2D eigenvalue weighted by atomic mass is 10.1. The van der Waals surface area contributed by atoms with Gasteiger partial charge in [0, 0.05) is 43.3 Å². The number of hydrogen-bond donors (Lipinski definition) is 1. The molecule has 0 radical (unpaired) electrons. The van der Waals surface area contributed by atoms with Crippen LogP contribution in [0.4, 0.5) is 0 Å². The zero-order chi connectivity index (χ0) is 18.7. The highest BCUT2D eigenvalue weighted by atomic mass is 32.2. The van der Waals surface area contributed by atoms with E-state index in [1.165, 1.54) is 7.11 Å². The Morgan fingerprint density at radius 2 is 1.96 bits per heavy atom. The van der Waals surface area contributed by atoms with E-state index in [0.717, 1.165) is 22.3 Å². The zero-order valence-corrected chi connectivity index (χ0v) is 15.6. The van der Waals surface area contributed by atoms with E-state index in [4.69, 9.17) is 4.74 Å². The highest BCUT2D eigenvalue weighted by molar-refractivity contribution is 7.89. The summed E-state index contributed by atoms with van der Waals surface area (Å²) in [7, 11) is -0.430. The average molecular weight is 372 g/mol. The summed E-state index contributed by atoms with van der Waals surface area (Å²) in [5, 5.41) is 4.14. The Hall–Kier alpha value is -2.71. The fraction of sp³-hybridized carbons (Fsp3) is 0.222. The van der Waals surface area contributed by atoms with Gasteiger partial charge in [0.05, 0.1) is 13.3 Å². The Bertz CT molecular complexity index is 1030. The molecule has 2 heterocycles. The molecule has 0 aliphatic heterocycles. The van der Waals surface area contributed by atoms with E-state index in [0.29, 0.717) is 5.75 Å². The summed E-state index contributed by atoms with van der Waals surface area (Å²) in [5.74, 6) is 0.310. The maximum absolute atomic E-state index is 12.7. The van der Waals surface area contributed by atoms with Crippen molar-refractivity contribution < 1.29 is 13.2 Å². The number of aryl methyl sites for hydroxylation is 2. The van der Waals surface area contributed by atoms with Crippen LogP contribution in [0.2, 0.25) is 0 Å². The topological polar surface area (TPSA) is 86.1 Å². The fourth-order valence-electron chi connectivity index (χ4n) is 2.56. The minimum absolute atomic E-state index is 0.122. The van der Waals surface area contributed by atoms with Crippen LogP contribution in [0.25, 0.3) is 11.1 Å². The molecule has 0 bridgehead atoms. The summed E-state index contributed by atoms with van der Waals surface area (Å²) in [6.45, 7) is 1.96. The first-order valence-corrected chi connectivity index (χ1v) is 9.44. The number of pyridine rings is 1. The molecule has 1 N–H and O–H groups in total. The third kappa shape index (κ3) is 3.92. The lowest BCUT2D eigenvalue weighted by Gasteiger charge is -2.12. The molecule has 0 atom stereocenters. The zero-order valence-electron chi connectivity index (χ0n) is 14.8. The van der Waals surface area contributed by atoms with Crippen LogP contribution < -0.4 is 9.46 Å². The van der Waals surface area contributed by atoms with Crippen LogP contribution in [-0.2, 0) is 23.6 Å². The standard InChI is InChI=1S/C18H20N4O3S/c1-13-4-5-17(25-3)18(6-13)26(23,24)21-9-14-7-15(10-19-8-14)16-11-20-22(2)12-16/h4-8,10-12,21H,9H2,1-3H3. The molecule has 3 aromatic rings.